The molecule has 0 bridgehead atoms. The fraction of sp³-hybridized carbons (Fsp3) is 0.600. The van der Waals surface area contributed by atoms with Crippen LogP contribution in [0.5, 0.6) is 0 Å². The van der Waals surface area contributed by atoms with E-state index >= 15 is 0 Å². The van der Waals surface area contributed by atoms with Gasteiger partial charge in [0.05, 0.1) is 0 Å². The molecule has 0 aliphatic heterocycles. The molecule has 0 fully saturated rings. The Bertz CT molecular complexity index is 377. The number of rotatable bonds is 4. The van der Waals surface area contributed by atoms with Crippen molar-refractivity contribution < 1.29 is 0 Å². The van der Waals surface area contributed by atoms with Crippen LogP contribution in [0.4, 0.5) is 0 Å². The fourth-order valence-electron chi connectivity index (χ4n) is 2.02. The van der Waals surface area contributed by atoms with Gasteiger partial charge < -0.3 is 5.73 Å². The summed E-state index contributed by atoms with van der Waals surface area (Å²) in [5, 5.41) is 0.887. The summed E-state index contributed by atoms with van der Waals surface area (Å²) in [7, 11) is 0. The van der Waals surface area contributed by atoms with E-state index in [2.05, 4.69) is 39.8 Å². The number of halogens is 1. The van der Waals surface area contributed by atoms with Crippen LogP contribution in [0.1, 0.15) is 50.3 Å². The van der Waals surface area contributed by atoms with Gasteiger partial charge in [-0.15, -0.1) is 0 Å². The summed E-state index contributed by atoms with van der Waals surface area (Å²) in [4.78, 5) is 0. The molecule has 0 saturated heterocycles. The molecule has 1 rings (SSSR count). The first-order chi connectivity index (χ1) is 7.86. The van der Waals surface area contributed by atoms with Crippen LogP contribution in [0.25, 0.3) is 0 Å². The highest BCUT2D eigenvalue weighted by atomic mass is 35.5. The molecule has 0 spiro atoms. The lowest BCUT2D eigenvalue weighted by molar-refractivity contribution is 0.588. The molecule has 0 atom stereocenters. The maximum Gasteiger partial charge on any atom is 0.0446 e. The van der Waals surface area contributed by atoms with Crippen LogP contribution in [0.2, 0.25) is 5.02 Å². The SMILES string of the molecule is Cc1cc(Cl)c(C(C)(C)C)cc1CCCCN. The largest absolute Gasteiger partial charge is 0.330 e. The van der Waals surface area contributed by atoms with Crippen LogP contribution < -0.4 is 5.73 Å². The van der Waals surface area contributed by atoms with Gasteiger partial charge in [0.25, 0.3) is 0 Å². The molecular formula is C15H24ClN. The highest BCUT2D eigenvalue weighted by Crippen LogP contribution is 2.32. The van der Waals surface area contributed by atoms with E-state index in [1.54, 1.807) is 0 Å². The lowest BCUT2D eigenvalue weighted by atomic mass is 9.84. The Labute approximate surface area is 110 Å². The van der Waals surface area contributed by atoms with E-state index in [-0.39, 0.29) is 5.41 Å². The van der Waals surface area contributed by atoms with Gasteiger partial charge in [-0.05, 0) is 60.9 Å². The van der Waals surface area contributed by atoms with Crippen molar-refractivity contribution in [3.05, 3.63) is 33.8 Å². The molecule has 2 N–H and O–H groups in total. The lowest BCUT2D eigenvalue weighted by Gasteiger charge is -2.22. The van der Waals surface area contributed by atoms with Gasteiger partial charge in [0.15, 0.2) is 0 Å². The summed E-state index contributed by atoms with van der Waals surface area (Å²) >= 11 is 6.33. The smallest absolute Gasteiger partial charge is 0.0446 e. The number of unbranched alkanes of at least 4 members (excludes halogenated alkanes) is 1. The first kappa shape index (κ1) is 14.5. The maximum absolute atomic E-state index is 6.33. The molecule has 0 aliphatic rings. The first-order valence-corrected chi connectivity index (χ1v) is 6.73. The molecule has 0 aliphatic carbocycles. The number of hydrogen-bond donors (Lipinski definition) is 1. The lowest BCUT2D eigenvalue weighted by Crippen LogP contribution is -2.13. The van der Waals surface area contributed by atoms with Crippen LogP contribution in [0.15, 0.2) is 12.1 Å². The monoisotopic (exact) mass is 253 g/mol. The van der Waals surface area contributed by atoms with Crippen molar-refractivity contribution in [1.29, 1.82) is 0 Å². The maximum atomic E-state index is 6.33. The minimum absolute atomic E-state index is 0.105. The Morgan fingerprint density at radius 1 is 1.18 bits per heavy atom. The second-order valence-electron chi connectivity index (χ2n) is 5.75. The number of hydrogen-bond acceptors (Lipinski definition) is 1. The number of nitrogens with two attached hydrogens (primary N) is 1. The Morgan fingerprint density at radius 2 is 1.82 bits per heavy atom. The average Bonchev–Trinajstić information content (AvgIpc) is 2.19. The van der Waals surface area contributed by atoms with E-state index in [1.165, 1.54) is 16.7 Å². The predicted octanol–water partition coefficient (Wildman–Crippen LogP) is 4.23. The fourth-order valence-corrected chi connectivity index (χ4v) is 2.52. The molecule has 17 heavy (non-hydrogen) atoms. The van der Waals surface area contributed by atoms with E-state index < -0.39 is 0 Å². The zero-order chi connectivity index (χ0) is 13.1. The standard InChI is InChI=1S/C15H24ClN/c1-11-9-14(16)13(15(2,3)4)10-12(11)7-5-6-8-17/h9-10H,5-8,17H2,1-4H3. The molecule has 0 heterocycles. The highest BCUT2D eigenvalue weighted by molar-refractivity contribution is 6.31. The molecule has 0 aromatic heterocycles. The molecule has 0 amide bonds. The second kappa shape index (κ2) is 5.88. The number of aryl methyl sites for hydroxylation is 2. The molecule has 1 aromatic rings. The molecule has 0 saturated carbocycles. The normalized spacial score (nSPS) is 11.9. The molecule has 1 aromatic carbocycles. The van der Waals surface area contributed by atoms with Crippen molar-refractivity contribution in [2.75, 3.05) is 6.54 Å². The second-order valence-corrected chi connectivity index (χ2v) is 6.16. The van der Waals surface area contributed by atoms with E-state index in [9.17, 15) is 0 Å². The van der Waals surface area contributed by atoms with Gasteiger partial charge in [-0.3, -0.25) is 0 Å². The molecule has 96 valence electrons. The van der Waals surface area contributed by atoms with Crippen LogP contribution in [0.3, 0.4) is 0 Å². The van der Waals surface area contributed by atoms with Crippen molar-refractivity contribution in [3.8, 4) is 0 Å². The van der Waals surface area contributed by atoms with Crippen molar-refractivity contribution in [1.82, 2.24) is 0 Å². The predicted molar refractivity (Wildman–Crippen MR) is 76.9 cm³/mol. The van der Waals surface area contributed by atoms with Crippen LogP contribution in [-0.2, 0) is 11.8 Å². The van der Waals surface area contributed by atoms with Crippen molar-refractivity contribution in [3.63, 3.8) is 0 Å². The zero-order valence-corrected chi connectivity index (χ0v) is 12.2. The van der Waals surface area contributed by atoms with Gasteiger partial charge in [0.2, 0.25) is 0 Å². The van der Waals surface area contributed by atoms with Gasteiger partial charge in [-0.25, -0.2) is 0 Å². The third-order valence-corrected chi connectivity index (χ3v) is 3.45. The molecule has 1 nitrogen and oxygen atoms in total. The third-order valence-electron chi connectivity index (χ3n) is 3.13. The summed E-state index contributed by atoms with van der Waals surface area (Å²) in [6.45, 7) is 9.52. The summed E-state index contributed by atoms with van der Waals surface area (Å²) in [6, 6.07) is 4.37. The summed E-state index contributed by atoms with van der Waals surface area (Å²) in [5.41, 5.74) is 9.58. The van der Waals surface area contributed by atoms with Gasteiger partial charge in [0, 0.05) is 5.02 Å². The van der Waals surface area contributed by atoms with E-state index in [0.29, 0.717) is 0 Å². The van der Waals surface area contributed by atoms with Crippen LogP contribution >= 0.6 is 11.6 Å². The summed E-state index contributed by atoms with van der Waals surface area (Å²) < 4.78 is 0. The van der Waals surface area contributed by atoms with Crippen LogP contribution in [0, 0.1) is 6.92 Å². The molecule has 2 heteroatoms. The van der Waals surface area contributed by atoms with Gasteiger partial charge in [-0.1, -0.05) is 38.4 Å². The van der Waals surface area contributed by atoms with Gasteiger partial charge in [-0.2, -0.15) is 0 Å². The van der Waals surface area contributed by atoms with E-state index in [1.807, 2.05) is 0 Å². The van der Waals surface area contributed by atoms with Crippen molar-refractivity contribution >= 4 is 11.6 Å². The minimum Gasteiger partial charge on any atom is -0.330 e. The topological polar surface area (TPSA) is 26.0 Å². The van der Waals surface area contributed by atoms with Crippen molar-refractivity contribution in [2.24, 2.45) is 5.73 Å². The van der Waals surface area contributed by atoms with Crippen LogP contribution in [-0.4, -0.2) is 6.54 Å². The Balaban J connectivity index is 2.98. The summed E-state index contributed by atoms with van der Waals surface area (Å²) in [5.74, 6) is 0. The molecule has 0 radical (unpaired) electrons. The minimum atomic E-state index is 0.105. The number of benzene rings is 1. The van der Waals surface area contributed by atoms with Gasteiger partial charge >= 0.3 is 0 Å². The summed E-state index contributed by atoms with van der Waals surface area (Å²) in [6.07, 6.45) is 3.35. The van der Waals surface area contributed by atoms with Gasteiger partial charge in [0.1, 0.15) is 0 Å². The van der Waals surface area contributed by atoms with Crippen molar-refractivity contribution in [2.45, 2.75) is 52.4 Å². The Kier molecular flexibility index (Phi) is 5.03. The average molecular weight is 254 g/mol. The molecule has 0 unspecified atom stereocenters. The Morgan fingerprint density at radius 3 is 2.35 bits per heavy atom. The van der Waals surface area contributed by atoms with E-state index in [4.69, 9.17) is 17.3 Å². The third kappa shape index (κ3) is 4.01. The molecular weight excluding hydrogens is 230 g/mol. The first-order valence-electron chi connectivity index (χ1n) is 6.36. The highest BCUT2D eigenvalue weighted by Gasteiger charge is 2.18. The van der Waals surface area contributed by atoms with E-state index in [0.717, 1.165) is 30.8 Å². The zero-order valence-electron chi connectivity index (χ0n) is 11.4. The quantitative estimate of drug-likeness (QED) is 0.799. The Hall–Kier alpha value is -0.530.